The molecule has 2 N–H and O–H groups in total. The summed E-state index contributed by atoms with van der Waals surface area (Å²) in [6, 6.07) is -1.19. The molecule has 0 aliphatic carbocycles. The van der Waals surface area contributed by atoms with Gasteiger partial charge in [0.15, 0.2) is 0 Å². The maximum atomic E-state index is 11.3. The monoisotopic (exact) mass is 263 g/mol. The molecule has 1 amide bonds. The molecule has 1 unspecified atom stereocenters. The molecule has 7 heteroatoms. The van der Waals surface area contributed by atoms with E-state index in [4.69, 9.17) is 5.11 Å². The van der Waals surface area contributed by atoms with Crippen molar-refractivity contribution in [2.24, 2.45) is 0 Å². The highest BCUT2D eigenvalue weighted by atomic mass is 32.2. The van der Waals surface area contributed by atoms with Gasteiger partial charge in [-0.25, -0.2) is 13.2 Å². The van der Waals surface area contributed by atoms with Crippen LogP contribution in [-0.4, -0.2) is 43.5 Å². The lowest BCUT2D eigenvalue weighted by Crippen LogP contribution is -2.41. The molecule has 0 aliphatic rings. The van der Waals surface area contributed by atoms with E-state index in [-0.39, 0.29) is 12.2 Å². The number of amides is 1. The Balaban J connectivity index is 4.51. The van der Waals surface area contributed by atoms with Gasteiger partial charge in [-0.15, -0.1) is 0 Å². The Morgan fingerprint density at radius 2 is 1.88 bits per heavy atom. The molecule has 1 atom stereocenters. The molecular weight excluding hydrogens is 246 g/mol. The summed E-state index contributed by atoms with van der Waals surface area (Å²) in [6.07, 6.45) is 2.14. The van der Waals surface area contributed by atoms with Crippen molar-refractivity contribution in [1.29, 1.82) is 0 Å². The van der Waals surface area contributed by atoms with Crippen LogP contribution >= 0.6 is 0 Å². The molecule has 0 radical (unpaired) electrons. The van der Waals surface area contributed by atoms with E-state index >= 15 is 0 Å². The average Bonchev–Trinajstić information content (AvgIpc) is 2.08. The molecule has 0 saturated carbocycles. The Hall–Kier alpha value is -1.37. The molecule has 0 rings (SSSR count). The first kappa shape index (κ1) is 15.6. The molecule has 0 aromatic heterocycles. The highest BCUT2D eigenvalue weighted by molar-refractivity contribution is 7.90. The van der Waals surface area contributed by atoms with Gasteiger partial charge in [0.25, 0.3) is 0 Å². The molecule has 0 aliphatic heterocycles. The van der Waals surface area contributed by atoms with Crippen LogP contribution in [0.5, 0.6) is 0 Å². The number of hydrogen-bond donors (Lipinski definition) is 2. The van der Waals surface area contributed by atoms with Gasteiger partial charge in [0.2, 0.25) is 5.91 Å². The fourth-order valence-corrected chi connectivity index (χ4v) is 1.73. The van der Waals surface area contributed by atoms with E-state index in [2.05, 4.69) is 5.32 Å². The first-order chi connectivity index (χ1) is 7.61. The molecule has 6 nitrogen and oxygen atoms in total. The number of hydrogen-bond acceptors (Lipinski definition) is 4. The van der Waals surface area contributed by atoms with Crippen molar-refractivity contribution in [3.05, 3.63) is 11.6 Å². The number of allylic oxidation sites excluding steroid dienone is 1. The van der Waals surface area contributed by atoms with Gasteiger partial charge < -0.3 is 10.4 Å². The van der Waals surface area contributed by atoms with Gasteiger partial charge in [-0.05, 0) is 20.3 Å². The zero-order valence-electron chi connectivity index (χ0n) is 10.1. The van der Waals surface area contributed by atoms with E-state index in [0.29, 0.717) is 0 Å². The quantitative estimate of drug-likeness (QED) is 0.655. The predicted molar refractivity (Wildman–Crippen MR) is 63.3 cm³/mol. The minimum atomic E-state index is -3.24. The largest absolute Gasteiger partial charge is 0.480 e. The van der Waals surface area contributed by atoms with Crippen LogP contribution in [0.4, 0.5) is 0 Å². The summed E-state index contributed by atoms with van der Waals surface area (Å²) in [7, 11) is -3.24. The van der Waals surface area contributed by atoms with Gasteiger partial charge in [0, 0.05) is 12.3 Å². The van der Waals surface area contributed by atoms with Gasteiger partial charge in [-0.3, -0.25) is 4.79 Å². The minimum Gasteiger partial charge on any atom is -0.480 e. The van der Waals surface area contributed by atoms with Gasteiger partial charge in [-0.1, -0.05) is 5.57 Å². The SMILES string of the molecule is CC(C)=CC(=O)NC(CCS(C)(=O)=O)C(=O)O. The zero-order chi connectivity index (χ0) is 13.6. The van der Waals surface area contributed by atoms with Crippen molar-refractivity contribution < 1.29 is 23.1 Å². The lowest BCUT2D eigenvalue weighted by Gasteiger charge is -2.12. The molecule has 0 bridgehead atoms. The fourth-order valence-electron chi connectivity index (χ4n) is 1.06. The van der Waals surface area contributed by atoms with Crippen LogP contribution in [0.3, 0.4) is 0 Å². The zero-order valence-corrected chi connectivity index (χ0v) is 10.9. The second kappa shape index (κ2) is 6.39. The summed E-state index contributed by atoms with van der Waals surface area (Å²) in [5.74, 6) is -2.06. The van der Waals surface area contributed by atoms with Crippen LogP contribution in [0.2, 0.25) is 0 Å². The van der Waals surface area contributed by atoms with Crippen LogP contribution in [0.1, 0.15) is 20.3 Å². The number of carbonyl (C=O) groups is 2. The summed E-state index contributed by atoms with van der Waals surface area (Å²) >= 11 is 0. The second-order valence-corrected chi connectivity index (χ2v) is 6.30. The Kier molecular flexibility index (Phi) is 5.87. The van der Waals surface area contributed by atoms with Gasteiger partial charge in [-0.2, -0.15) is 0 Å². The van der Waals surface area contributed by atoms with E-state index in [0.717, 1.165) is 11.8 Å². The number of nitrogens with one attached hydrogen (secondary N) is 1. The molecule has 0 saturated heterocycles. The van der Waals surface area contributed by atoms with Crippen LogP contribution in [0.25, 0.3) is 0 Å². The number of aliphatic carboxylic acids is 1. The smallest absolute Gasteiger partial charge is 0.326 e. The number of carbonyl (C=O) groups excluding carboxylic acids is 1. The lowest BCUT2D eigenvalue weighted by molar-refractivity contribution is -0.141. The third kappa shape index (κ3) is 8.44. The molecule has 17 heavy (non-hydrogen) atoms. The number of carboxylic acids is 1. The summed E-state index contributed by atoms with van der Waals surface area (Å²) < 4.78 is 21.8. The van der Waals surface area contributed by atoms with Crippen molar-refractivity contribution in [2.75, 3.05) is 12.0 Å². The second-order valence-electron chi connectivity index (χ2n) is 4.04. The first-order valence-electron chi connectivity index (χ1n) is 4.98. The average molecular weight is 263 g/mol. The number of rotatable bonds is 6. The standard InChI is InChI=1S/C10H17NO5S/c1-7(2)6-9(12)11-8(10(13)14)4-5-17(3,15)16/h6,8H,4-5H2,1-3H3,(H,11,12)(H,13,14). The third-order valence-electron chi connectivity index (χ3n) is 1.81. The van der Waals surface area contributed by atoms with Gasteiger partial charge in [0.05, 0.1) is 5.75 Å². The Morgan fingerprint density at radius 3 is 2.24 bits per heavy atom. The summed E-state index contributed by atoms with van der Waals surface area (Å²) in [5, 5.41) is 11.1. The van der Waals surface area contributed by atoms with Crippen molar-refractivity contribution in [3.8, 4) is 0 Å². The van der Waals surface area contributed by atoms with Gasteiger partial charge in [0.1, 0.15) is 15.9 Å². The molecular formula is C10H17NO5S. The summed E-state index contributed by atoms with van der Waals surface area (Å²) in [4.78, 5) is 22.1. The highest BCUT2D eigenvalue weighted by Gasteiger charge is 2.20. The van der Waals surface area contributed by atoms with E-state index in [9.17, 15) is 18.0 Å². The highest BCUT2D eigenvalue weighted by Crippen LogP contribution is 1.98. The van der Waals surface area contributed by atoms with Gasteiger partial charge >= 0.3 is 5.97 Å². The molecule has 0 aromatic carbocycles. The normalized spacial score (nSPS) is 12.6. The Bertz CT molecular complexity index is 420. The molecule has 0 aromatic rings. The fraction of sp³-hybridized carbons (Fsp3) is 0.600. The van der Waals surface area contributed by atoms with Crippen LogP contribution in [-0.2, 0) is 19.4 Å². The summed E-state index contributed by atoms with van der Waals surface area (Å²) in [5.41, 5.74) is 0.731. The van der Waals surface area contributed by atoms with Crippen molar-refractivity contribution in [3.63, 3.8) is 0 Å². The van der Waals surface area contributed by atoms with E-state index < -0.39 is 27.8 Å². The van der Waals surface area contributed by atoms with Crippen molar-refractivity contribution in [2.45, 2.75) is 26.3 Å². The molecule has 0 spiro atoms. The third-order valence-corrected chi connectivity index (χ3v) is 2.79. The van der Waals surface area contributed by atoms with E-state index in [1.54, 1.807) is 13.8 Å². The number of carboxylic acid groups (broad SMARTS) is 1. The predicted octanol–water partition coefficient (Wildman–Crippen LogP) is -0.0433. The van der Waals surface area contributed by atoms with E-state index in [1.165, 1.54) is 6.08 Å². The maximum absolute atomic E-state index is 11.3. The minimum absolute atomic E-state index is 0.142. The molecule has 98 valence electrons. The maximum Gasteiger partial charge on any atom is 0.326 e. The Morgan fingerprint density at radius 1 is 1.35 bits per heavy atom. The molecule has 0 fully saturated rings. The van der Waals surface area contributed by atoms with Crippen molar-refractivity contribution in [1.82, 2.24) is 5.32 Å². The van der Waals surface area contributed by atoms with Crippen LogP contribution in [0.15, 0.2) is 11.6 Å². The van der Waals surface area contributed by atoms with E-state index in [1.807, 2.05) is 0 Å². The number of sulfone groups is 1. The topological polar surface area (TPSA) is 101 Å². The summed E-state index contributed by atoms with van der Waals surface area (Å²) in [6.45, 7) is 3.40. The Labute approximate surface area is 101 Å². The van der Waals surface area contributed by atoms with Crippen LogP contribution in [0, 0.1) is 0 Å². The first-order valence-corrected chi connectivity index (χ1v) is 7.04. The lowest BCUT2D eigenvalue weighted by atomic mass is 10.2. The van der Waals surface area contributed by atoms with Crippen molar-refractivity contribution >= 4 is 21.7 Å². The molecule has 0 heterocycles. The van der Waals surface area contributed by atoms with Crippen LogP contribution < -0.4 is 5.32 Å².